The van der Waals surface area contributed by atoms with Gasteiger partial charge in [0, 0.05) is 52.4 Å². The summed E-state index contributed by atoms with van der Waals surface area (Å²) in [5.74, 6) is -0.494. The van der Waals surface area contributed by atoms with Crippen molar-refractivity contribution in [2.45, 2.75) is 116 Å². The van der Waals surface area contributed by atoms with E-state index in [2.05, 4.69) is 54.3 Å². The number of ether oxygens (including phenoxy) is 1. The smallest absolute Gasteiger partial charge is 0.257 e. The van der Waals surface area contributed by atoms with Crippen molar-refractivity contribution >= 4 is 35.2 Å². The van der Waals surface area contributed by atoms with E-state index < -0.39 is 18.2 Å². The number of hydrogen-bond acceptors (Lipinski definition) is 9. The number of halogens is 1. The minimum Gasteiger partial charge on any atom is -0.489 e. The van der Waals surface area contributed by atoms with Crippen LogP contribution < -0.4 is 15.4 Å². The van der Waals surface area contributed by atoms with E-state index in [-0.39, 0.29) is 53.5 Å². The van der Waals surface area contributed by atoms with Crippen LogP contribution in [0.3, 0.4) is 0 Å². The molecule has 7 rings (SSSR count). The van der Waals surface area contributed by atoms with Gasteiger partial charge in [-0.05, 0) is 100.0 Å². The van der Waals surface area contributed by atoms with Crippen LogP contribution in [0.4, 0.5) is 0 Å². The van der Waals surface area contributed by atoms with Crippen molar-refractivity contribution < 1.29 is 29.0 Å². The number of benzene rings is 2. The number of aliphatic hydroxyl groups excluding tert-OH is 1. The number of hydrogen-bond donors (Lipinski definition) is 3. The van der Waals surface area contributed by atoms with Gasteiger partial charge in [0.15, 0.2) is 6.23 Å². The summed E-state index contributed by atoms with van der Waals surface area (Å²) in [6.07, 6.45) is 7.88. The molecule has 2 unspecified atom stereocenters. The second-order valence-corrected chi connectivity index (χ2v) is 17.9. The minimum atomic E-state index is -1.20. The average molecular weight is 809 g/mol. The lowest BCUT2D eigenvalue weighted by molar-refractivity contribution is -0.164. The maximum Gasteiger partial charge on any atom is 0.257 e. The highest BCUT2D eigenvalue weighted by Crippen LogP contribution is 2.55. The highest BCUT2D eigenvalue weighted by atomic mass is 35.5. The molecule has 0 spiro atoms. The molecule has 4 amide bonds. The summed E-state index contributed by atoms with van der Waals surface area (Å²) in [5.41, 5.74) is 3.24. The molecule has 3 N–H and O–H groups in total. The number of likely N-dealkylation sites (tertiary alicyclic amines) is 1. The normalized spacial score (nSPS) is 24.1. The summed E-state index contributed by atoms with van der Waals surface area (Å²) in [6.45, 7) is 11.4. The summed E-state index contributed by atoms with van der Waals surface area (Å²) in [5, 5.41) is 26.0. The van der Waals surface area contributed by atoms with Crippen LogP contribution >= 0.6 is 11.6 Å². The van der Waals surface area contributed by atoms with E-state index in [0.29, 0.717) is 38.9 Å². The van der Waals surface area contributed by atoms with Gasteiger partial charge in [0.2, 0.25) is 11.8 Å². The van der Waals surface area contributed by atoms with Crippen molar-refractivity contribution in [1.82, 2.24) is 25.4 Å². The number of fused-ring (bicyclic) bond motifs is 1. The van der Waals surface area contributed by atoms with Crippen molar-refractivity contribution in [1.29, 1.82) is 5.26 Å². The lowest BCUT2D eigenvalue weighted by Gasteiger charge is -2.63. The first-order chi connectivity index (χ1) is 27.7. The molecule has 3 aliphatic heterocycles. The Morgan fingerprint density at radius 2 is 1.74 bits per heavy atom. The Morgan fingerprint density at radius 3 is 2.41 bits per heavy atom. The largest absolute Gasteiger partial charge is 0.489 e. The van der Waals surface area contributed by atoms with Crippen LogP contribution in [0.2, 0.25) is 5.02 Å². The third-order valence-electron chi connectivity index (χ3n) is 12.9. The van der Waals surface area contributed by atoms with Crippen LogP contribution in [0, 0.1) is 22.2 Å². The van der Waals surface area contributed by atoms with E-state index >= 15 is 0 Å². The van der Waals surface area contributed by atoms with Crippen molar-refractivity contribution in [3.63, 3.8) is 0 Å². The molecule has 13 heteroatoms. The zero-order chi connectivity index (χ0) is 41.4. The Hall–Kier alpha value is -4.83. The molecule has 0 bridgehead atoms. The minimum absolute atomic E-state index is 0.133. The van der Waals surface area contributed by atoms with Crippen molar-refractivity contribution in [3.8, 4) is 11.8 Å². The van der Waals surface area contributed by atoms with Gasteiger partial charge in [0.25, 0.3) is 11.8 Å². The third-order valence-corrected chi connectivity index (χ3v) is 13.2. The number of carbonyl (C=O) groups is 4. The molecule has 306 valence electrons. The van der Waals surface area contributed by atoms with Crippen LogP contribution in [0.5, 0.6) is 5.75 Å². The summed E-state index contributed by atoms with van der Waals surface area (Å²) < 4.78 is 6.35. The second-order valence-electron chi connectivity index (χ2n) is 17.5. The Morgan fingerprint density at radius 1 is 1.00 bits per heavy atom. The van der Waals surface area contributed by atoms with Gasteiger partial charge in [0.1, 0.15) is 24.0 Å². The highest BCUT2D eigenvalue weighted by Gasteiger charge is 2.64. The van der Waals surface area contributed by atoms with Gasteiger partial charge >= 0.3 is 0 Å². The number of nitrogens with one attached hydrogen (secondary N) is 2. The summed E-state index contributed by atoms with van der Waals surface area (Å²) in [6, 6.07) is 15.7. The monoisotopic (exact) mass is 808 g/mol. The van der Waals surface area contributed by atoms with Gasteiger partial charge in [-0.25, -0.2) is 0 Å². The number of nitriles is 1. The molecule has 3 aromatic rings. The first kappa shape index (κ1) is 41.3. The fourth-order valence-electron chi connectivity index (χ4n) is 9.90. The second kappa shape index (κ2) is 16.8. The summed E-state index contributed by atoms with van der Waals surface area (Å²) in [4.78, 5) is 59.1. The third kappa shape index (κ3) is 8.22. The number of aryl methyl sites for hydroxylation is 1. The number of amides is 4. The predicted molar refractivity (Wildman–Crippen MR) is 218 cm³/mol. The number of carbonyl (C=O) groups excluding carboxylic acids is 4. The van der Waals surface area contributed by atoms with Gasteiger partial charge in [-0.3, -0.25) is 34.4 Å². The molecule has 2 saturated heterocycles. The Bertz CT molecular complexity index is 2090. The number of piperidine rings is 2. The van der Waals surface area contributed by atoms with Crippen molar-refractivity contribution in [2.75, 3.05) is 19.6 Å². The number of nitrogens with zero attached hydrogens (tertiary/aromatic N) is 4. The molecule has 3 fully saturated rings. The SMILES string of the molecule is CC1(C)C(NC(=O)c2ccc(CCCCCCN3CCC(c4ccc5c(c4)C(=O)N(C4CCC(=O)NC4=O)C5O)CC3)nc2)C(C)(C)C1Oc1ccc(C#N)c(Cl)c1. The molecular weight excluding hydrogens is 756 g/mol. The van der Waals surface area contributed by atoms with E-state index in [4.69, 9.17) is 16.3 Å². The Kier molecular flexibility index (Phi) is 12.0. The molecular formula is C45H53ClN6O6. The molecule has 2 atom stereocenters. The lowest BCUT2D eigenvalue weighted by atomic mass is 9.49. The first-order valence-electron chi connectivity index (χ1n) is 20.5. The van der Waals surface area contributed by atoms with E-state index in [9.17, 15) is 29.5 Å². The quantitative estimate of drug-likeness (QED) is 0.130. The fraction of sp³-hybridized carbons (Fsp3) is 0.511. The molecule has 12 nitrogen and oxygen atoms in total. The van der Waals surface area contributed by atoms with Crippen LogP contribution in [0.25, 0.3) is 0 Å². The molecule has 1 saturated carbocycles. The Labute approximate surface area is 345 Å². The summed E-state index contributed by atoms with van der Waals surface area (Å²) >= 11 is 6.23. The number of aliphatic hydroxyl groups is 1. The Balaban J connectivity index is 0.799. The molecule has 1 aromatic heterocycles. The zero-order valence-corrected chi connectivity index (χ0v) is 34.5. The number of pyridine rings is 1. The average Bonchev–Trinajstić information content (AvgIpc) is 3.45. The fourth-order valence-corrected chi connectivity index (χ4v) is 10.1. The highest BCUT2D eigenvalue weighted by molar-refractivity contribution is 6.31. The maximum atomic E-state index is 13.3. The van der Waals surface area contributed by atoms with E-state index in [1.54, 1.807) is 24.4 Å². The van der Waals surface area contributed by atoms with Crippen molar-refractivity contribution in [3.05, 3.63) is 93.3 Å². The standard InChI is InChI=1S/C45H53ClN6O6/c1-44(2)42(45(3,4)43(44)58-32-14-11-29(25-47)35(46)24-32)50-38(54)30-10-13-31(48-26-30)9-7-5-6-8-20-51-21-18-27(19-22-51)28-12-15-33-34(23-28)41(57)52(40(33)56)36-16-17-37(53)49-39(36)55/h10-15,23-24,26-27,36,40,42-43,56H,5-9,16-22H2,1-4H3,(H,50,54)(H,49,53,55). The lowest BCUT2D eigenvalue weighted by Crippen LogP contribution is -2.74. The summed E-state index contributed by atoms with van der Waals surface area (Å²) in [7, 11) is 0. The van der Waals surface area contributed by atoms with Gasteiger partial charge in [-0.1, -0.05) is 64.3 Å². The molecule has 1 aliphatic carbocycles. The molecule has 4 heterocycles. The first-order valence-corrected chi connectivity index (χ1v) is 20.9. The molecule has 0 radical (unpaired) electrons. The molecule has 58 heavy (non-hydrogen) atoms. The van der Waals surface area contributed by atoms with Gasteiger partial charge in [-0.2, -0.15) is 5.26 Å². The number of unbranched alkanes of at least 4 members (excludes halogenated alkanes) is 3. The molecule has 4 aliphatic rings. The van der Waals surface area contributed by atoms with Gasteiger partial charge in [0.05, 0.1) is 16.1 Å². The van der Waals surface area contributed by atoms with Gasteiger partial charge in [-0.15, -0.1) is 0 Å². The van der Waals surface area contributed by atoms with E-state index in [1.807, 2.05) is 30.3 Å². The zero-order valence-electron chi connectivity index (χ0n) is 33.7. The number of imide groups is 1. The van der Waals surface area contributed by atoms with Crippen LogP contribution in [-0.4, -0.2) is 81.3 Å². The maximum absolute atomic E-state index is 13.3. The predicted octanol–water partition coefficient (Wildman–Crippen LogP) is 6.45. The molecule has 2 aromatic carbocycles. The van der Waals surface area contributed by atoms with Crippen molar-refractivity contribution in [2.24, 2.45) is 10.8 Å². The number of aromatic nitrogens is 1. The van der Waals surface area contributed by atoms with E-state index in [0.717, 1.165) is 75.8 Å². The topological polar surface area (TPSA) is 165 Å². The van der Waals surface area contributed by atoms with Gasteiger partial charge < -0.3 is 20.1 Å². The van der Waals surface area contributed by atoms with E-state index in [1.165, 1.54) is 4.90 Å². The van der Waals surface area contributed by atoms with Crippen LogP contribution in [0.15, 0.2) is 54.7 Å². The number of rotatable bonds is 13. The van der Waals surface area contributed by atoms with Crippen LogP contribution in [0.1, 0.15) is 134 Å². The van der Waals surface area contributed by atoms with Crippen LogP contribution in [-0.2, 0) is 16.0 Å².